The second kappa shape index (κ2) is 8.34. The summed E-state index contributed by atoms with van der Waals surface area (Å²) in [6, 6.07) is 12.4. The highest BCUT2D eigenvalue weighted by Gasteiger charge is 2.08. The number of halogens is 2. The lowest BCUT2D eigenvalue weighted by atomic mass is 10.1. The third kappa shape index (κ3) is 4.95. The number of carbonyl (C=O) groups excluding carboxylic acids is 1. The summed E-state index contributed by atoms with van der Waals surface area (Å²) in [4.78, 5) is 20.7. The number of aromatic nitrogens is 2. The zero-order valence-electron chi connectivity index (χ0n) is 12.9. The van der Waals surface area contributed by atoms with E-state index in [-0.39, 0.29) is 5.91 Å². The summed E-state index contributed by atoms with van der Waals surface area (Å²) in [6.07, 6.45) is 5.01. The molecule has 7 heteroatoms. The predicted molar refractivity (Wildman–Crippen MR) is 102 cm³/mol. The molecule has 1 heterocycles. The van der Waals surface area contributed by atoms with Crippen LogP contribution in [0, 0.1) is 0 Å². The minimum atomic E-state index is -0.204. The predicted octanol–water partition coefficient (Wildman–Crippen LogP) is 5.33. The van der Waals surface area contributed by atoms with Crippen LogP contribution in [-0.4, -0.2) is 15.9 Å². The van der Waals surface area contributed by atoms with E-state index in [1.165, 1.54) is 0 Å². The molecule has 0 aliphatic carbocycles. The molecule has 0 aliphatic heterocycles. The zero-order chi connectivity index (χ0) is 17.6. The Bertz CT molecular complexity index is 890. The summed E-state index contributed by atoms with van der Waals surface area (Å²) in [6.45, 7) is 0. The molecule has 1 N–H and O–H groups in total. The molecule has 1 amide bonds. The van der Waals surface area contributed by atoms with Gasteiger partial charge >= 0.3 is 0 Å². The molecule has 0 saturated heterocycles. The molecular formula is C18H13Cl2N3OS. The van der Waals surface area contributed by atoms with E-state index in [9.17, 15) is 4.79 Å². The van der Waals surface area contributed by atoms with Crippen LogP contribution in [0.1, 0.15) is 15.9 Å². The number of nitrogens with zero attached hydrogens (tertiary/aromatic N) is 2. The standard InChI is InChI=1S/C18H13Cl2N3OS/c19-15-5-4-14(9-16(15)20)23-18(24)13-3-1-2-12(8-13)11-25-17-10-21-6-7-22-17/h1-10H,11H2,(H,23,24). The average Bonchev–Trinajstić information content (AvgIpc) is 2.64. The third-order valence-corrected chi connectivity index (χ3v) is 5.02. The molecule has 25 heavy (non-hydrogen) atoms. The SMILES string of the molecule is O=C(Nc1ccc(Cl)c(Cl)c1)c1cccc(CSc2cnccn2)c1. The number of thioether (sulfide) groups is 1. The van der Waals surface area contributed by atoms with E-state index >= 15 is 0 Å². The highest BCUT2D eigenvalue weighted by Crippen LogP contribution is 2.25. The number of benzene rings is 2. The van der Waals surface area contributed by atoms with E-state index < -0.39 is 0 Å². The van der Waals surface area contributed by atoms with E-state index in [1.807, 2.05) is 18.2 Å². The number of hydrogen-bond donors (Lipinski definition) is 1. The molecule has 4 nitrogen and oxygen atoms in total. The van der Waals surface area contributed by atoms with Crippen molar-refractivity contribution in [2.75, 3.05) is 5.32 Å². The maximum Gasteiger partial charge on any atom is 0.255 e. The van der Waals surface area contributed by atoms with Crippen LogP contribution in [0.3, 0.4) is 0 Å². The van der Waals surface area contributed by atoms with Crippen LogP contribution >= 0.6 is 35.0 Å². The van der Waals surface area contributed by atoms with Crippen LogP contribution < -0.4 is 5.32 Å². The molecule has 126 valence electrons. The Balaban J connectivity index is 1.67. The summed E-state index contributed by atoms with van der Waals surface area (Å²) in [5.41, 5.74) is 2.19. The van der Waals surface area contributed by atoms with Crippen molar-refractivity contribution < 1.29 is 4.79 Å². The van der Waals surface area contributed by atoms with Crippen molar-refractivity contribution in [3.63, 3.8) is 0 Å². The molecule has 3 rings (SSSR count). The van der Waals surface area contributed by atoms with Crippen LogP contribution in [0.2, 0.25) is 10.0 Å². The van der Waals surface area contributed by atoms with Crippen LogP contribution in [0.15, 0.2) is 66.1 Å². The lowest BCUT2D eigenvalue weighted by Crippen LogP contribution is -2.12. The Labute approximate surface area is 159 Å². The minimum Gasteiger partial charge on any atom is -0.322 e. The molecule has 0 unspecified atom stereocenters. The number of nitrogens with one attached hydrogen (secondary N) is 1. The Hall–Kier alpha value is -2.08. The van der Waals surface area contributed by atoms with Gasteiger partial charge in [0.15, 0.2) is 0 Å². The van der Waals surface area contributed by atoms with Gasteiger partial charge in [0.1, 0.15) is 5.03 Å². The Morgan fingerprint density at radius 2 is 1.96 bits per heavy atom. The largest absolute Gasteiger partial charge is 0.322 e. The second-order valence-electron chi connectivity index (χ2n) is 5.12. The number of rotatable bonds is 5. The van der Waals surface area contributed by atoms with Gasteiger partial charge in [0.25, 0.3) is 5.91 Å². The van der Waals surface area contributed by atoms with Crippen molar-refractivity contribution in [2.45, 2.75) is 10.8 Å². The highest BCUT2D eigenvalue weighted by atomic mass is 35.5. The van der Waals surface area contributed by atoms with Gasteiger partial charge < -0.3 is 5.32 Å². The number of anilines is 1. The van der Waals surface area contributed by atoms with Gasteiger partial charge in [-0.15, -0.1) is 11.8 Å². The molecule has 3 aromatic rings. The first kappa shape index (κ1) is 17.7. The molecule has 0 atom stereocenters. The number of hydrogen-bond acceptors (Lipinski definition) is 4. The average molecular weight is 390 g/mol. The monoisotopic (exact) mass is 389 g/mol. The van der Waals surface area contributed by atoms with Crippen LogP contribution in [0.5, 0.6) is 0 Å². The third-order valence-electron chi connectivity index (χ3n) is 3.29. The number of amides is 1. The lowest BCUT2D eigenvalue weighted by Gasteiger charge is -2.08. The van der Waals surface area contributed by atoms with Gasteiger partial charge in [-0.3, -0.25) is 9.78 Å². The van der Waals surface area contributed by atoms with Crippen LogP contribution in [0.4, 0.5) is 5.69 Å². The molecule has 0 radical (unpaired) electrons. The van der Waals surface area contributed by atoms with Crippen molar-refractivity contribution in [1.29, 1.82) is 0 Å². The van der Waals surface area contributed by atoms with Crippen molar-refractivity contribution in [1.82, 2.24) is 9.97 Å². The van der Waals surface area contributed by atoms with Crippen molar-refractivity contribution in [3.8, 4) is 0 Å². The Morgan fingerprint density at radius 1 is 1.08 bits per heavy atom. The Morgan fingerprint density at radius 3 is 2.72 bits per heavy atom. The van der Waals surface area contributed by atoms with E-state index in [2.05, 4.69) is 15.3 Å². The molecule has 2 aromatic carbocycles. The fourth-order valence-corrected chi connectivity index (χ4v) is 3.16. The van der Waals surface area contributed by atoms with Gasteiger partial charge in [-0.05, 0) is 35.9 Å². The number of carbonyl (C=O) groups is 1. The summed E-state index contributed by atoms with van der Waals surface area (Å²) in [5, 5.41) is 4.50. The van der Waals surface area contributed by atoms with Gasteiger partial charge in [0.2, 0.25) is 0 Å². The molecule has 0 saturated carbocycles. The summed E-state index contributed by atoms with van der Waals surface area (Å²) in [5.74, 6) is 0.497. The van der Waals surface area contributed by atoms with E-state index in [0.717, 1.165) is 10.6 Å². The maximum absolute atomic E-state index is 12.4. The van der Waals surface area contributed by atoms with Gasteiger partial charge in [-0.25, -0.2) is 4.98 Å². The fraction of sp³-hybridized carbons (Fsp3) is 0.0556. The van der Waals surface area contributed by atoms with Crippen LogP contribution in [-0.2, 0) is 5.75 Å². The smallest absolute Gasteiger partial charge is 0.255 e. The van der Waals surface area contributed by atoms with Crippen molar-refractivity contribution >= 4 is 46.6 Å². The van der Waals surface area contributed by atoms with Gasteiger partial charge in [0, 0.05) is 29.4 Å². The van der Waals surface area contributed by atoms with Crippen molar-refractivity contribution in [3.05, 3.63) is 82.2 Å². The molecule has 0 bridgehead atoms. The van der Waals surface area contributed by atoms with Crippen molar-refractivity contribution in [2.24, 2.45) is 0 Å². The van der Waals surface area contributed by atoms with Crippen LogP contribution in [0.25, 0.3) is 0 Å². The first-order valence-electron chi connectivity index (χ1n) is 7.36. The second-order valence-corrected chi connectivity index (χ2v) is 6.93. The summed E-state index contributed by atoms with van der Waals surface area (Å²) >= 11 is 13.4. The lowest BCUT2D eigenvalue weighted by molar-refractivity contribution is 0.102. The van der Waals surface area contributed by atoms with E-state index in [4.69, 9.17) is 23.2 Å². The first-order valence-corrected chi connectivity index (χ1v) is 9.10. The minimum absolute atomic E-state index is 0.204. The highest BCUT2D eigenvalue weighted by molar-refractivity contribution is 7.98. The first-order chi connectivity index (χ1) is 12.1. The normalized spacial score (nSPS) is 10.5. The van der Waals surface area contributed by atoms with Gasteiger partial charge in [-0.1, -0.05) is 35.3 Å². The molecule has 0 aliphatic rings. The van der Waals surface area contributed by atoms with E-state index in [1.54, 1.807) is 54.6 Å². The molecule has 0 fully saturated rings. The Kier molecular flexibility index (Phi) is 5.91. The van der Waals surface area contributed by atoms with E-state index in [0.29, 0.717) is 27.0 Å². The van der Waals surface area contributed by atoms with Gasteiger partial charge in [0.05, 0.1) is 16.2 Å². The topological polar surface area (TPSA) is 54.9 Å². The summed E-state index contributed by atoms with van der Waals surface area (Å²) < 4.78 is 0. The molecular weight excluding hydrogens is 377 g/mol. The maximum atomic E-state index is 12.4. The summed E-state index contributed by atoms with van der Waals surface area (Å²) in [7, 11) is 0. The fourth-order valence-electron chi connectivity index (χ4n) is 2.10. The van der Waals surface area contributed by atoms with Gasteiger partial charge in [-0.2, -0.15) is 0 Å². The molecule has 0 spiro atoms. The molecule has 1 aromatic heterocycles. The quantitative estimate of drug-likeness (QED) is 0.599. The zero-order valence-corrected chi connectivity index (χ0v) is 15.3.